The Kier molecular flexibility index (Phi) is 9.53. The molecule has 0 aliphatic heterocycles. The molecule has 0 unspecified atom stereocenters. The summed E-state index contributed by atoms with van der Waals surface area (Å²) in [7, 11) is 0. The van der Waals surface area contributed by atoms with E-state index in [1.807, 2.05) is 0 Å². The number of benzene rings is 12. The van der Waals surface area contributed by atoms with Crippen molar-refractivity contribution in [2.45, 2.75) is 0 Å². The lowest BCUT2D eigenvalue weighted by atomic mass is 9.90. The summed E-state index contributed by atoms with van der Waals surface area (Å²) in [5.41, 5.74) is 17.5. The second kappa shape index (κ2) is 16.7. The summed E-state index contributed by atoms with van der Waals surface area (Å²) in [6.07, 6.45) is 0. The number of fused-ring (bicyclic) bond motifs is 8. The van der Waals surface area contributed by atoms with Crippen molar-refractivity contribution in [1.29, 1.82) is 0 Å². The van der Waals surface area contributed by atoms with Crippen molar-refractivity contribution in [2.75, 3.05) is 4.90 Å². The molecule has 3 nitrogen and oxygen atoms in total. The molecule has 0 saturated carbocycles. The number of para-hydroxylation sites is 5. The van der Waals surface area contributed by atoms with Crippen LogP contribution in [-0.2, 0) is 0 Å². The van der Waals surface area contributed by atoms with Crippen LogP contribution in [0, 0.1) is 0 Å². The van der Waals surface area contributed by atoms with E-state index in [0.717, 1.165) is 45.1 Å². The molecule has 0 fully saturated rings. The van der Waals surface area contributed by atoms with E-state index in [1.165, 1.54) is 81.8 Å². The molecule has 332 valence electrons. The Morgan fingerprint density at radius 1 is 0.239 bits per heavy atom. The van der Waals surface area contributed by atoms with Gasteiger partial charge in [-0.15, -0.1) is 0 Å². The molecule has 0 saturated heterocycles. The topological polar surface area (TPSA) is 13.1 Å². The number of rotatable bonds is 8. The summed E-state index contributed by atoms with van der Waals surface area (Å²) >= 11 is 0. The van der Waals surface area contributed by atoms with Gasteiger partial charge in [-0.05, 0) is 159 Å². The van der Waals surface area contributed by atoms with Gasteiger partial charge in [-0.25, -0.2) is 0 Å². The van der Waals surface area contributed by atoms with Crippen LogP contribution >= 0.6 is 0 Å². The van der Waals surface area contributed by atoms with Crippen LogP contribution in [0.25, 0.3) is 110 Å². The molecule has 0 amide bonds. The molecule has 2 aromatic heterocycles. The number of hydrogen-bond acceptors (Lipinski definition) is 1. The van der Waals surface area contributed by atoms with E-state index in [2.05, 4.69) is 287 Å². The molecule has 2 heterocycles. The lowest BCUT2D eigenvalue weighted by molar-refractivity contribution is 1.18. The van der Waals surface area contributed by atoms with Crippen LogP contribution in [0.15, 0.2) is 273 Å². The van der Waals surface area contributed by atoms with Crippen molar-refractivity contribution in [2.24, 2.45) is 0 Å². The molecule has 3 heteroatoms. The second-order valence-electron chi connectivity index (χ2n) is 18.5. The van der Waals surface area contributed by atoms with Crippen LogP contribution in [0.4, 0.5) is 17.1 Å². The Morgan fingerprint density at radius 3 is 1.30 bits per heavy atom. The molecule has 0 atom stereocenters. The predicted octanol–water partition coefficient (Wildman–Crippen LogP) is 18.7. The Labute approximate surface area is 412 Å². The van der Waals surface area contributed by atoms with Gasteiger partial charge < -0.3 is 14.0 Å². The quantitative estimate of drug-likeness (QED) is 0.148. The third-order valence-electron chi connectivity index (χ3n) is 14.4. The van der Waals surface area contributed by atoms with Crippen LogP contribution in [0.5, 0.6) is 0 Å². The van der Waals surface area contributed by atoms with E-state index >= 15 is 0 Å². The van der Waals surface area contributed by atoms with Gasteiger partial charge in [0.25, 0.3) is 0 Å². The number of anilines is 3. The molecule has 0 spiro atoms. The van der Waals surface area contributed by atoms with E-state index in [4.69, 9.17) is 0 Å². The zero-order chi connectivity index (χ0) is 46.8. The Morgan fingerprint density at radius 2 is 0.704 bits per heavy atom. The largest absolute Gasteiger partial charge is 0.310 e. The van der Waals surface area contributed by atoms with E-state index in [9.17, 15) is 0 Å². The van der Waals surface area contributed by atoms with E-state index in [1.54, 1.807) is 0 Å². The predicted molar refractivity (Wildman–Crippen MR) is 301 cm³/mol. The van der Waals surface area contributed by atoms with Gasteiger partial charge in [0.05, 0.1) is 27.8 Å². The Hall–Kier alpha value is -9.44. The summed E-state index contributed by atoms with van der Waals surface area (Å²) in [6.45, 7) is 0. The highest BCUT2D eigenvalue weighted by Gasteiger charge is 2.20. The summed E-state index contributed by atoms with van der Waals surface area (Å²) in [4.78, 5) is 2.41. The maximum Gasteiger partial charge on any atom is 0.0541 e. The molecule has 0 N–H and O–H groups in total. The van der Waals surface area contributed by atoms with E-state index in [0.29, 0.717) is 0 Å². The van der Waals surface area contributed by atoms with Crippen molar-refractivity contribution >= 4 is 82.2 Å². The first-order valence-corrected chi connectivity index (χ1v) is 24.4. The first-order chi connectivity index (χ1) is 35.2. The SMILES string of the molecule is c1ccc(N(c2ccc3ccccc3c2)c2ccc(-c3cc(-c4ccc5c(c4)c4ccccc4n5-c4ccccc4)cc(-c4ccc5c(c4)c4ccccc4n5-c4ccccc4)c3)c3ccccc23)cc1. The third-order valence-corrected chi connectivity index (χ3v) is 14.4. The molecule has 0 bridgehead atoms. The molecule has 12 aromatic carbocycles. The first kappa shape index (κ1) is 40.6. The highest BCUT2D eigenvalue weighted by atomic mass is 15.1. The van der Waals surface area contributed by atoms with Gasteiger partial charge in [0.15, 0.2) is 0 Å². The zero-order valence-electron chi connectivity index (χ0n) is 38.8. The molecule has 71 heavy (non-hydrogen) atoms. The zero-order valence-corrected chi connectivity index (χ0v) is 38.8. The van der Waals surface area contributed by atoms with Crippen LogP contribution in [0.2, 0.25) is 0 Å². The molecule has 0 aliphatic rings. The Balaban J connectivity index is 0.991. The first-order valence-electron chi connectivity index (χ1n) is 24.4. The van der Waals surface area contributed by atoms with Crippen molar-refractivity contribution in [3.63, 3.8) is 0 Å². The average molecular weight is 904 g/mol. The maximum absolute atomic E-state index is 2.41. The Bertz CT molecular complexity index is 4160. The van der Waals surface area contributed by atoms with Gasteiger partial charge in [-0.1, -0.05) is 164 Å². The monoisotopic (exact) mass is 903 g/mol. The van der Waals surface area contributed by atoms with Crippen LogP contribution in [0.1, 0.15) is 0 Å². The molecule has 14 rings (SSSR count). The minimum absolute atomic E-state index is 1.11. The van der Waals surface area contributed by atoms with Gasteiger partial charge in [-0.2, -0.15) is 0 Å². The van der Waals surface area contributed by atoms with Gasteiger partial charge in [0.2, 0.25) is 0 Å². The fraction of sp³-hybridized carbons (Fsp3) is 0. The fourth-order valence-electron chi connectivity index (χ4n) is 11.2. The van der Waals surface area contributed by atoms with Crippen molar-refractivity contribution in [3.05, 3.63) is 273 Å². The van der Waals surface area contributed by atoms with Crippen LogP contribution in [-0.4, -0.2) is 9.13 Å². The standard InChI is InChI=1S/C68H45N3/c1-4-20-53(21-5-1)69(56-35-32-46-18-10-11-19-47(46)43-56)66-39-36-57(58-26-12-13-27-59(58)66)52-41-50(48-33-37-67-62(44-48)60-28-14-16-30-64(60)70(67)54-22-6-2-7-23-54)40-51(42-52)49-34-38-68-63(45-49)61-29-15-17-31-65(61)71(68)55-24-8-3-9-25-55/h1-45H. The van der Waals surface area contributed by atoms with Crippen molar-refractivity contribution in [1.82, 2.24) is 9.13 Å². The van der Waals surface area contributed by atoms with Gasteiger partial charge in [0, 0.05) is 49.7 Å². The second-order valence-corrected chi connectivity index (χ2v) is 18.5. The fourth-order valence-corrected chi connectivity index (χ4v) is 11.2. The third kappa shape index (κ3) is 6.82. The van der Waals surface area contributed by atoms with Crippen molar-refractivity contribution in [3.8, 4) is 44.8 Å². The van der Waals surface area contributed by atoms with Crippen LogP contribution < -0.4 is 4.90 Å². The number of hydrogen-bond donors (Lipinski definition) is 0. The smallest absolute Gasteiger partial charge is 0.0541 e. The van der Waals surface area contributed by atoms with Gasteiger partial charge in [-0.3, -0.25) is 0 Å². The maximum atomic E-state index is 2.41. The number of nitrogens with zero attached hydrogens (tertiary/aromatic N) is 3. The molecular weight excluding hydrogens is 859 g/mol. The van der Waals surface area contributed by atoms with Gasteiger partial charge in [0.1, 0.15) is 0 Å². The van der Waals surface area contributed by atoms with Gasteiger partial charge >= 0.3 is 0 Å². The molecule has 0 aliphatic carbocycles. The highest BCUT2D eigenvalue weighted by Crippen LogP contribution is 2.45. The lowest BCUT2D eigenvalue weighted by Crippen LogP contribution is -2.10. The number of aromatic nitrogens is 2. The summed E-state index contributed by atoms with van der Waals surface area (Å²) in [6, 6.07) is 100.0. The summed E-state index contributed by atoms with van der Waals surface area (Å²) in [5.74, 6) is 0. The summed E-state index contributed by atoms with van der Waals surface area (Å²) in [5, 5.41) is 9.74. The van der Waals surface area contributed by atoms with E-state index < -0.39 is 0 Å². The average Bonchev–Trinajstić information content (AvgIpc) is 3.96. The molecule has 14 aromatic rings. The minimum Gasteiger partial charge on any atom is -0.310 e. The summed E-state index contributed by atoms with van der Waals surface area (Å²) < 4.78 is 4.78. The molecule has 0 radical (unpaired) electrons. The lowest BCUT2D eigenvalue weighted by Gasteiger charge is -2.28. The van der Waals surface area contributed by atoms with Crippen LogP contribution in [0.3, 0.4) is 0 Å². The van der Waals surface area contributed by atoms with E-state index in [-0.39, 0.29) is 0 Å². The normalized spacial score (nSPS) is 11.7. The molecular formula is C68H45N3. The highest BCUT2D eigenvalue weighted by molar-refractivity contribution is 6.13. The van der Waals surface area contributed by atoms with Crippen molar-refractivity contribution < 1.29 is 0 Å². The minimum atomic E-state index is 1.11.